The highest BCUT2D eigenvalue weighted by molar-refractivity contribution is 5.81. The lowest BCUT2D eigenvalue weighted by molar-refractivity contribution is 0.313. The molecule has 8 aromatic rings. The number of rotatable bonds is 12. The molecule has 0 N–H and O–H groups in total. The Morgan fingerprint density at radius 2 is 1.26 bits per heavy atom. The largest absolute Gasteiger partial charge is 0.494 e. The minimum atomic E-state index is -0.839. The second kappa shape index (κ2) is 14.7. The normalized spacial score (nSPS) is 11.3. The molecule has 8 rings (SSSR count). The fraction of sp³-hybridized carbons (Fsp3) is 0.0909. The zero-order chi connectivity index (χ0) is 36.0. The first-order valence-corrected chi connectivity index (χ1v) is 17.4. The lowest BCUT2D eigenvalue weighted by Crippen LogP contribution is -2.38. The molecular formula is C44H34FN7O. The molecule has 9 heteroatoms. The van der Waals surface area contributed by atoms with Crippen molar-refractivity contribution in [1.82, 2.24) is 19.2 Å². The first-order valence-electron chi connectivity index (χ1n) is 17.4. The summed E-state index contributed by atoms with van der Waals surface area (Å²) in [5, 5.41) is 8.98. The van der Waals surface area contributed by atoms with E-state index in [1.807, 2.05) is 54.7 Å². The van der Waals surface area contributed by atoms with Gasteiger partial charge in [-0.15, -0.1) is 0 Å². The van der Waals surface area contributed by atoms with Gasteiger partial charge in [0.2, 0.25) is 0 Å². The van der Waals surface area contributed by atoms with E-state index in [0.717, 1.165) is 61.7 Å². The average molecular weight is 696 g/mol. The molecule has 0 fully saturated rings. The number of imidazole rings is 1. The van der Waals surface area contributed by atoms with Gasteiger partial charge in [0.1, 0.15) is 28.4 Å². The van der Waals surface area contributed by atoms with Crippen molar-refractivity contribution in [2.75, 3.05) is 13.2 Å². The van der Waals surface area contributed by atoms with Crippen LogP contribution in [0, 0.1) is 5.82 Å². The van der Waals surface area contributed by atoms with Gasteiger partial charge in [0, 0.05) is 46.1 Å². The lowest BCUT2D eigenvalue weighted by atomic mass is 9.77. The number of halogens is 1. The van der Waals surface area contributed by atoms with Gasteiger partial charge < -0.3 is 4.74 Å². The van der Waals surface area contributed by atoms with Crippen LogP contribution in [0.4, 0.5) is 4.39 Å². The van der Waals surface area contributed by atoms with Gasteiger partial charge >= 0.3 is 0 Å². The number of benzene rings is 5. The Morgan fingerprint density at radius 3 is 1.87 bits per heavy atom. The summed E-state index contributed by atoms with van der Waals surface area (Å²) >= 11 is 0. The van der Waals surface area contributed by atoms with E-state index in [-0.39, 0.29) is 5.82 Å². The molecule has 258 valence electrons. The van der Waals surface area contributed by atoms with Crippen LogP contribution in [0.5, 0.6) is 5.75 Å². The molecule has 0 bridgehead atoms. The second-order valence-electron chi connectivity index (χ2n) is 12.6. The van der Waals surface area contributed by atoms with E-state index in [2.05, 4.69) is 110 Å². The maximum atomic E-state index is 14.3. The molecule has 0 radical (unpaired) electrons. The van der Waals surface area contributed by atoms with Crippen LogP contribution in [0.15, 0.2) is 175 Å². The molecule has 0 amide bonds. The second-order valence-corrected chi connectivity index (χ2v) is 12.6. The molecule has 0 atom stereocenters. The minimum Gasteiger partial charge on any atom is -0.494 e. The third-order valence-corrected chi connectivity index (χ3v) is 9.45. The van der Waals surface area contributed by atoms with Gasteiger partial charge in [-0.1, -0.05) is 96.1 Å². The monoisotopic (exact) mass is 695 g/mol. The summed E-state index contributed by atoms with van der Waals surface area (Å²) in [6, 6.07) is 49.7. The van der Waals surface area contributed by atoms with Crippen molar-refractivity contribution in [3.63, 3.8) is 0 Å². The standard InChI is InChI=1S/C44H34FN7O/c45-38-22-17-33(18-23-38)43-40(34-21-26-42-47-29-41(51(42)30-34)32-19-24-39(25-20-32)53-28-10-27-48-50-46)31-52(49-43)44(35-11-4-1-5-12-35,36-13-6-2-7-14-36)37-15-8-3-9-16-37/h1-9,11-26,29-31H,10,27-28H2. The van der Waals surface area contributed by atoms with Crippen molar-refractivity contribution in [2.45, 2.75) is 12.0 Å². The van der Waals surface area contributed by atoms with Gasteiger partial charge in [-0.25, -0.2) is 9.37 Å². The molecule has 53 heavy (non-hydrogen) atoms. The van der Waals surface area contributed by atoms with E-state index in [4.69, 9.17) is 20.4 Å². The molecule has 8 nitrogen and oxygen atoms in total. The molecule has 0 aliphatic heterocycles. The first-order chi connectivity index (χ1) is 26.1. The maximum absolute atomic E-state index is 14.3. The Kier molecular flexibility index (Phi) is 9.22. The van der Waals surface area contributed by atoms with Crippen LogP contribution < -0.4 is 4.74 Å². The Morgan fingerprint density at radius 1 is 0.679 bits per heavy atom. The number of azide groups is 1. The summed E-state index contributed by atoms with van der Waals surface area (Å²) in [6.45, 7) is 0.855. The van der Waals surface area contributed by atoms with Crippen LogP contribution >= 0.6 is 0 Å². The summed E-state index contributed by atoms with van der Waals surface area (Å²) in [7, 11) is 0. The van der Waals surface area contributed by atoms with Gasteiger partial charge in [-0.05, 0) is 89.3 Å². The predicted molar refractivity (Wildman–Crippen MR) is 206 cm³/mol. The third-order valence-electron chi connectivity index (χ3n) is 9.45. The van der Waals surface area contributed by atoms with Crippen molar-refractivity contribution in [3.05, 3.63) is 203 Å². The number of ether oxygens (including phenoxy) is 1. The number of hydrogen-bond acceptors (Lipinski definition) is 4. The van der Waals surface area contributed by atoms with E-state index < -0.39 is 5.54 Å². The summed E-state index contributed by atoms with van der Waals surface area (Å²) in [5.41, 5.74) is 16.8. The number of pyridine rings is 1. The van der Waals surface area contributed by atoms with Crippen molar-refractivity contribution >= 4 is 5.65 Å². The van der Waals surface area contributed by atoms with Crippen LogP contribution in [-0.4, -0.2) is 32.3 Å². The zero-order valence-electron chi connectivity index (χ0n) is 28.7. The number of nitrogens with zero attached hydrogens (tertiary/aromatic N) is 7. The molecule has 0 saturated heterocycles. The third kappa shape index (κ3) is 6.42. The molecule has 3 heterocycles. The van der Waals surface area contributed by atoms with Gasteiger partial charge in [0.25, 0.3) is 0 Å². The SMILES string of the molecule is [N-]=[N+]=NCCCOc1ccc(-c2cnc3ccc(-c4cn(C(c5ccccc5)(c5ccccc5)c5ccccc5)nc4-c4ccc(F)cc4)cn23)cc1. The number of hydrogen-bond donors (Lipinski definition) is 0. The van der Waals surface area contributed by atoms with E-state index >= 15 is 0 Å². The van der Waals surface area contributed by atoms with Crippen LogP contribution in [0.2, 0.25) is 0 Å². The van der Waals surface area contributed by atoms with Crippen LogP contribution in [0.1, 0.15) is 23.1 Å². The van der Waals surface area contributed by atoms with E-state index in [0.29, 0.717) is 19.6 Å². The molecule has 3 aromatic heterocycles. The van der Waals surface area contributed by atoms with E-state index in [1.54, 1.807) is 12.1 Å². The Hall–Kier alpha value is -6.96. The predicted octanol–water partition coefficient (Wildman–Crippen LogP) is 10.6. The van der Waals surface area contributed by atoms with Gasteiger partial charge in [-0.2, -0.15) is 5.10 Å². The molecular weight excluding hydrogens is 662 g/mol. The Balaban J connectivity index is 1.29. The molecule has 5 aromatic carbocycles. The summed E-state index contributed by atoms with van der Waals surface area (Å²) in [5.74, 6) is 0.426. The fourth-order valence-electron chi connectivity index (χ4n) is 6.96. The van der Waals surface area contributed by atoms with Crippen molar-refractivity contribution in [2.24, 2.45) is 5.11 Å². The zero-order valence-corrected chi connectivity index (χ0v) is 28.7. The smallest absolute Gasteiger partial charge is 0.138 e. The Labute approximate surface area is 306 Å². The molecule has 0 aliphatic carbocycles. The fourth-order valence-corrected chi connectivity index (χ4v) is 6.96. The highest BCUT2D eigenvalue weighted by atomic mass is 19.1. The molecule has 0 saturated carbocycles. The Bertz CT molecular complexity index is 2410. The number of aromatic nitrogens is 4. The number of fused-ring (bicyclic) bond motifs is 1. The maximum Gasteiger partial charge on any atom is 0.138 e. The molecule has 0 spiro atoms. The highest BCUT2D eigenvalue weighted by Crippen LogP contribution is 2.43. The quantitative estimate of drug-likeness (QED) is 0.0419. The van der Waals surface area contributed by atoms with Gasteiger partial charge in [-0.3, -0.25) is 9.08 Å². The minimum absolute atomic E-state index is 0.309. The van der Waals surface area contributed by atoms with Crippen LogP contribution in [0.3, 0.4) is 0 Å². The summed E-state index contributed by atoms with van der Waals surface area (Å²) < 4.78 is 24.3. The molecule has 0 aliphatic rings. The first kappa shape index (κ1) is 33.2. The summed E-state index contributed by atoms with van der Waals surface area (Å²) in [6.07, 6.45) is 6.70. The van der Waals surface area contributed by atoms with Crippen molar-refractivity contribution in [3.8, 4) is 39.4 Å². The topological polar surface area (TPSA) is 93.1 Å². The highest BCUT2D eigenvalue weighted by Gasteiger charge is 2.40. The summed E-state index contributed by atoms with van der Waals surface area (Å²) in [4.78, 5) is 7.50. The van der Waals surface area contributed by atoms with Gasteiger partial charge in [0.15, 0.2) is 0 Å². The van der Waals surface area contributed by atoms with Crippen LogP contribution in [-0.2, 0) is 5.54 Å². The van der Waals surface area contributed by atoms with Gasteiger partial charge in [0.05, 0.1) is 18.5 Å². The average Bonchev–Trinajstić information content (AvgIpc) is 3.85. The van der Waals surface area contributed by atoms with Crippen molar-refractivity contribution < 1.29 is 9.13 Å². The van der Waals surface area contributed by atoms with Crippen LogP contribution in [0.25, 0.3) is 49.7 Å². The van der Waals surface area contributed by atoms with Crippen molar-refractivity contribution in [1.29, 1.82) is 0 Å². The van der Waals surface area contributed by atoms with E-state index in [1.165, 1.54) is 12.1 Å². The van der Waals surface area contributed by atoms with E-state index in [9.17, 15) is 4.39 Å². The lowest BCUT2D eigenvalue weighted by Gasteiger charge is -2.36. The molecule has 0 unspecified atom stereocenters.